The maximum atomic E-state index is 12.7. The molecule has 1 aliphatic heterocycles. The molecular formula is C16H21N5O2. The molecule has 3 heterocycles. The number of aryl methyl sites for hydroxylation is 1. The average Bonchev–Trinajstić information content (AvgIpc) is 2.99. The molecule has 0 bridgehead atoms. The zero-order valence-corrected chi connectivity index (χ0v) is 13.4. The van der Waals surface area contributed by atoms with Crippen LogP contribution < -0.4 is 0 Å². The summed E-state index contributed by atoms with van der Waals surface area (Å²) < 4.78 is 2.00. The normalized spacial score (nSPS) is 19.0. The topological polar surface area (TPSA) is 74.5 Å². The first-order valence-electron chi connectivity index (χ1n) is 7.74. The summed E-state index contributed by atoms with van der Waals surface area (Å²) in [5.41, 5.74) is 0.411. The van der Waals surface area contributed by atoms with E-state index in [1.807, 2.05) is 22.7 Å². The lowest BCUT2D eigenvalue weighted by molar-refractivity contribution is 0.0472. The van der Waals surface area contributed by atoms with Gasteiger partial charge in [0.1, 0.15) is 11.6 Å². The second-order valence-electron chi connectivity index (χ2n) is 5.72. The highest BCUT2D eigenvalue weighted by Gasteiger charge is 2.32. The number of hydrogen-bond acceptors (Lipinski definition) is 5. The Morgan fingerprint density at radius 2 is 2.22 bits per heavy atom. The lowest BCUT2D eigenvalue weighted by Gasteiger charge is -2.40. The van der Waals surface area contributed by atoms with E-state index in [0.717, 1.165) is 18.9 Å². The van der Waals surface area contributed by atoms with Crippen molar-refractivity contribution < 1.29 is 9.90 Å². The molecule has 3 rings (SSSR count). The molecule has 1 atom stereocenters. The first-order chi connectivity index (χ1) is 11.1. The van der Waals surface area contributed by atoms with E-state index < -0.39 is 0 Å². The van der Waals surface area contributed by atoms with Gasteiger partial charge in [-0.2, -0.15) is 0 Å². The van der Waals surface area contributed by atoms with Gasteiger partial charge in [-0.1, -0.05) is 6.92 Å². The highest BCUT2D eigenvalue weighted by atomic mass is 16.3. The zero-order chi connectivity index (χ0) is 16.4. The number of pyridine rings is 1. The van der Waals surface area contributed by atoms with E-state index in [0.29, 0.717) is 18.7 Å². The van der Waals surface area contributed by atoms with Crippen LogP contribution in [0.5, 0.6) is 5.75 Å². The molecule has 0 radical (unpaired) electrons. The van der Waals surface area contributed by atoms with Crippen molar-refractivity contribution in [2.24, 2.45) is 7.05 Å². The summed E-state index contributed by atoms with van der Waals surface area (Å²) in [5.74, 6) is 0.852. The number of aromatic nitrogens is 3. The smallest absolute Gasteiger partial charge is 0.255 e. The van der Waals surface area contributed by atoms with Crippen molar-refractivity contribution in [3.63, 3.8) is 0 Å². The van der Waals surface area contributed by atoms with E-state index in [1.54, 1.807) is 6.20 Å². The number of carbonyl (C=O) groups excluding carboxylic acids is 1. The van der Waals surface area contributed by atoms with Gasteiger partial charge < -0.3 is 14.6 Å². The average molecular weight is 315 g/mol. The predicted molar refractivity (Wildman–Crippen MR) is 85.0 cm³/mol. The van der Waals surface area contributed by atoms with Crippen LogP contribution in [0.1, 0.15) is 29.1 Å². The Bertz CT molecular complexity index is 699. The van der Waals surface area contributed by atoms with Crippen LogP contribution in [0.3, 0.4) is 0 Å². The monoisotopic (exact) mass is 315 g/mol. The van der Waals surface area contributed by atoms with Gasteiger partial charge in [-0.15, -0.1) is 0 Å². The molecular weight excluding hydrogens is 294 g/mol. The van der Waals surface area contributed by atoms with Gasteiger partial charge in [-0.25, -0.2) is 4.98 Å². The Hall–Kier alpha value is -2.41. The fourth-order valence-corrected chi connectivity index (χ4v) is 3.05. The zero-order valence-electron chi connectivity index (χ0n) is 13.4. The van der Waals surface area contributed by atoms with E-state index >= 15 is 0 Å². The van der Waals surface area contributed by atoms with Crippen molar-refractivity contribution in [3.8, 4) is 5.75 Å². The van der Waals surface area contributed by atoms with Crippen LogP contribution in [-0.2, 0) is 7.05 Å². The largest absolute Gasteiger partial charge is 0.506 e. The summed E-state index contributed by atoms with van der Waals surface area (Å²) in [6, 6.07) is 1.53. The highest BCUT2D eigenvalue weighted by molar-refractivity contribution is 5.94. The summed E-state index contributed by atoms with van der Waals surface area (Å²) >= 11 is 0. The number of nitrogens with zero attached hydrogens (tertiary/aromatic N) is 5. The summed E-state index contributed by atoms with van der Waals surface area (Å²) in [5, 5.41) is 9.52. The number of imidazole rings is 1. The molecule has 1 fully saturated rings. The van der Waals surface area contributed by atoms with Gasteiger partial charge in [0.25, 0.3) is 5.91 Å². The molecule has 7 heteroatoms. The van der Waals surface area contributed by atoms with Crippen LogP contribution in [0, 0.1) is 0 Å². The molecule has 2 aromatic rings. The number of likely N-dealkylation sites (N-methyl/N-ethyl adjacent to an activating group) is 1. The Kier molecular flexibility index (Phi) is 4.29. The second-order valence-corrected chi connectivity index (χ2v) is 5.72. The first-order valence-corrected chi connectivity index (χ1v) is 7.74. The SMILES string of the molecule is CCN1CCN(C(=O)c2cncc(O)c2)CC1c1nccn1C. The standard InChI is InChI=1S/C16H21N5O2/c1-3-20-6-7-21(11-14(20)15-18-4-5-19(15)2)16(23)12-8-13(22)10-17-9-12/h4-5,8-10,14,22H,3,6-7,11H2,1-2H3. The minimum Gasteiger partial charge on any atom is -0.506 e. The fourth-order valence-electron chi connectivity index (χ4n) is 3.05. The summed E-state index contributed by atoms with van der Waals surface area (Å²) in [6.07, 6.45) is 6.51. The highest BCUT2D eigenvalue weighted by Crippen LogP contribution is 2.25. The van der Waals surface area contributed by atoms with Gasteiger partial charge in [0.2, 0.25) is 0 Å². The quantitative estimate of drug-likeness (QED) is 0.916. The van der Waals surface area contributed by atoms with Crippen molar-refractivity contribution >= 4 is 5.91 Å². The lowest BCUT2D eigenvalue weighted by atomic mass is 10.1. The number of piperazine rings is 1. The van der Waals surface area contributed by atoms with Crippen LogP contribution in [0.25, 0.3) is 0 Å². The molecule has 23 heavy (non-hydrogen) atoms. The maximum absolute atomic E-state index is 12.7. The van der Waals surface area contributed by atoms with Crippen molar-refractivity contribution in [2.45, 2.75) is 13.0 Å². The molecule has 1 N–H and O–H groups in total. The Morgan fingerprint density at radius 1 is 1.39 bits per heavy atom. The summed E-state index contributed by atoms with van der Waals surface area (Å²) in [7, 11) is 1.97. The van der Waals surface area contributed by atoms with E-state index in [-0.39, 0.29) is 17.7 Å². The summed E-state index contributed by atoms with van der Waals surface area (Å²) in [4.78, 5) is 25.1. The minimum atomic E-state index is -0.108. The van der Waals surface area contributed by atoms with Gasteiger partial charge in [-0.05, 0) is 12.6 Å². The van der Waals surface area contributed by atoms with Crippen molar-refractivity contribution in [1.29, 1.82) is 0 Å². The van der Waals surface area contributed by atoms with Crippen molar-refractivity contribution in [1.82, 2.24) is 24.3 Å². The third kappa shape index (κ3) is 3.05. The molecule has 0 saturated carbocycles. The van der Waals surface area contributed by atoms with Crippen molar-refractivity contribution in [2.75, 3.05) is 26.2 Å². The fraction of sp³-hybridized carbons (Fsp3) is 0.438. The molecule has 0 spiro atoms. The van der Waals surface area contributed by atoms with E-state index in [1.165, 1.54) is 18.5 Å². The molecule has 0 aliphatic carbocycles. The van der Waals surface area contributed by atoms with E-state index in [2.05, 4.69) is 21.8 Å². The molecule has 1 saturated heterocycles. The predicted octanol–water partition coefficient (Wildman–Crippen LogP) is 1.04. The van der Waals surface area contributed by atoms with Crippen LogP contribution >= 0.6 is 0 Å². The third-order valence-corrected chi connectivity index (χ3v) is 4.31. The first kappa shape index (κ1) is 15.5. The molecule has 1 unspecified atom stereocenters. The lowest BCUT2D eigenvalue weighted by Crippen LogP contribution is -2.50. The molecule has 7 nitrogen and oxygen atoms in total. The number of carbonyl (C=O) groups is 1. The van der Waals surface area contributed by atoms with E-state index in [4.69, 9.17) is 0 Å². The van der Waals surface area contributed by atoms with Crippen LogP contribution in [0.2, 0.25) is 0 Å². The molecule has 2 aromatic heterocycles. The Morgan fingerprint density at radius 3 is 2.87 bits per heavy atom. The van der Waals surface area contributed by atoms with Gasteiger partial charge in [0.15, 0.2) is 0 Å². The molecule has 122 valence electrons. The number of hydrogen-bond donors (Lipinski definition) is 1. The Labute approximate surface area is 135 Å². The van der Waals surface area contributed by atoms with Crippen LogP contribution in [-0.4, -0.2) is 61.5 Å². The third-order valence-electron chi connectivity index (χ3n) is 4.31. The van der Waals surface area contributed by atoms with Crippen molar-refractivity contribution in [3.05, 3.63) is 42.2 Å². The maximum Gasteiger partial charge on any atom is 0.255 e. The number of amides is 1. The molecule has 1 aliphatic rings. The van der Waals surface area contributed by atoms with Gasteiger partial charge in [0, 0.05) is 45.3 Å². The minimum absolute atomic E-state index is 0.00342. The van der Waals surface area contributed by atoms with Crippen LogP contribution in [0.15, 0.2) is 30.9 Å². The van der Waals surface area contributed by atoms with Crippen LogP contribution in [0.4, 0.5) is 0 Å². The van der Waals surface area contributed by atoms with E-state index in [9.17, 15) is 9.90 Å². The number of rotatable bonds is 3. The Balaban J connectivity index is 1.83. The number of aromatic hydroxyl groups is 1. The van der Waals surface area contributed by atoms with Gasteiger partial charge >= 0.3 is 0 Å². The second kappa shape index (κ2) is 6.37. The molecule has 1 amide bonds. The van der Waals surface area contributed by atoms with Gasteiger partial charge in [0.05, 0.1) is 17.8 Å². The molecule has 0 aromatic carbocycles. The van der Waals surface area contributed by atoms with Gasteiger partial charge in [-0.3, -0.25) is 14.7 Å². The summed E-state index contributed by atoms with van der Waals surface area (Å²) in [6.45, 7) is 5.06.